The summed E-state index contributed by atoms with van der Waals surface area (Å²) >= 11 is 0. The number of aromatic nitrogens is 1. The number of carbonyl (C=O) groups excluding carboxylic acids is 2. The van der Waals surface area contributed by atoms with Crippen LogP contribution in [0.2, 0.25) is 0 Å². The van der Waals surface area contributed by atoms with Crippen LogP contribution in [0.15, 0.2) is 24.5 Å². The lowest BCUT2D eigenvalue weighted by molar-refractivity contribution is -0.154. The Hall–Kier alpha value is -1.91. The van der Waals surface area contributed by atoms with Gasteiger partial charge in [-0.3, -0.25) is 9.78 Å². The lowest BCUT2D eigenvalue weighted by atomic mass is 10.2. The first-order valence-electron chi connectivity index (χ1n) is 5.08. The number of rotatable bonds is 4. The summed E-state index contributed by atoms with van der Waals surface area (Å²) < 4.78 is 4.55. The van der Waals surface area contributed by atoms with Crippen LogP contribution in [0.1, 0.15) is 12.5 Å². The van der Waals surface area contributed by atoms with Gasteiger partial charge in [0, 0.05) is 18.9 Å². The zero-order valence-corrected chi connectivity index (χ0v) is 9.10. The highest BCUT2D eigenvalue weighted by molar-refractivity contribution is 6.32. The van der Waals surface area contributed by atoms with Crippen molar-refractivity contribution in [2.24, 2.45) is 0 Å². The summed E-state index contributed by atoms with van der Waals surface area (Å²) in [5.74, 6) is -1.53. The van der Waals surface area contributed by atoms with E-state index in [0.29, 0.717) is 13.0 Å². The zero-order chi connectivity index (χ0) is 11.8. The van der Waals surface area contributed by atoms with E-state index in [0.717, 1.165) is 5.56 Å². The Bertz CT molecular complexity index is 352. The Morgan fingerprint density at radius 2 is 2.06 bits per heavy atom. The molecule has 0 saturated carbocycles. The van der Waals surface area contributed by atoms with E-state index in [1.807, 2.05) is 12.1 Å². The normalized spacial score (nSPS) is 9.56. The van der Waals surface area contributed by atoms with Crippen LogP contribution in [0.3, 0.4) is 0 Å². The van der Waals surface area contributed by atoms with Crippen molar-refractivity contribution in [1.29, 1.82) is 0 Å². The van der Waals surface area contributed by atoms with Crippen LogP contribution in [0.5, 0.6) is 0 Å². The minimum atomic E-state index is -0.836. The van der Waals surface area contributed by atoms with E-state index in [1.54, 1.807) is 19.3 Å². The fourth-order valence-electron chi connectivity index (χ4n) is 1.14. The van der Waals surface area contributed by atoms with Crippen molar-refractivity contribution in [3.8, 4) is 0 Å². The fourth-order valence-corrected chi connectivity index (χ4v) is 1.14. The number of nitrogens with zero attached hydrogens (tertiary/aromatic N) is 1. The molecule has 5 heteroatoms. The van der Waals surface area contributed by atoms with Gasteiger partial charge >= 0.3 is 11.9 Å². The van der Waals surface area contributed by atoms with E-state index < -0.39 is 11.9 Å². The maximum absolute atomic E-state index is 11.1. The van der Waals surface area contributed by atoms with Crippen molar-refractivity contribution in [2.75, 3.05) is 13.2 Å². The molecule has 0 aliphatic carbocycles. The molecule has 0 aliphatic heterocycles. The molecule has 1 heterocycles. The summed E-state index contributed by atoms with van der Waals surface area (Å²) in [5.41, 5.74) is 1.05. The van der Waals surface area contributed by atoms with Gasteiger partial charge in [0.25, 0.3) is 0 Å². The molecule has 0 radical (unpaired) electrons. The Kier molecular flexibility index (Phi) is 4.98. The van der Waals surface area contributed by atoms with E-state index in [1.165, 1.54) is 0 Å². The quantitative estimate of drug-likeness (QED) is 0.587. The Labute approximate surface area is 93.8 Å². The van der Waals surface area contributed by atoms with Gasteiger partial charge in [-0.05, 0) is 31.0 Å². The SMILES string of the molecule is CCOC(=O)C(=O)NCCc1ccncc1. The molecule has 0 unspecified atom stereocenters. The van der Waals surface area contributed by atoms with Crippen molar-refractivity contribution in [1.82, 2.24) is 10.3 Å². The Morgan fingerprint density at radius 3 is 2.69 bits per heavy atom. The molecule has 0 fully saturated rings. The maximum Gasteiger partial charge on any atom is 0.396 e. The van der Waals surface area contributed by atoms with Gasteiger partial charge in [-0.1, -0.05) is 0 Å². The van der Waals surface area contributed by atoms with Gasteiger partial charge in [0.2, 0.25) is 0 Å². The minimum Gasteiger partial charge on any atom is -0.459 e. The minimum absolute atomic E-state index is 0.205. The smallest absolute Gasteiger partial charge is 0.396 e. The second-order valence-electron chi connectivity index (χ2n) is 3.08. The molecular formula is C11H14N2O3. The third kappa shape index (κ3) is 4.08. The van der Waals surface area contributed by atoms with Crippen LogP contribution in [-0.4, -0.2) is 30.0 Å². The van der Waals surface area contributed by atoms with Crippen LogP contribution in [0, 0.1) is 0 Å². The van der Waals surface area contributed by atoms with Crippen molar-refractivity contribution >= 4 is 11.9 Å². The van der Waals surface area contributed by atoms with Gasteiger partial charge in [0.1, 0.15) is 0 Å². The molecule has 0 atom stereocenters. The van der Waals surface area contributed by atoms with Gasteiger partial charge in [-0.15, -0.1) is 0 Å². The van der Waals surface area contributed by atoms with E-state index in [9.17, 15) is 9.59 Å². The molecule has 1 amide bonds. The molecule has 0 bridgehead atoms. The summed E-state index contributed by atoms with van der Waals surface area (Å²) in [6.45, 7) is 2.26. The van der Waals surface area contributed by atoms with Crippen LogP contribution in [0.25, 0.3) is 0 Å². The van der Waals surface area contributed by atoms with Crippen molar-refractivity contribution in [2.45, 2.75) is 13.3 Å². The van der Waals surface area contributed by atoms with Gasteiger partial charge < -0.3 is 10.1 Å². The molecule has 86 valence electrons. The third-order valence-corrected chi connectivity index (χ3v) is 1.91. The highest BCUT2D eigenvalue weighted by atomic mass is 16.5. The molecule has 1 N–H and O–H groups in total. The average molecular weight is 222 g/mol. The van der Waals surface area contributed by atoms with Crippen LogP contribution < -0.4 is 5.32 Å². The highest BCUT2D eigenvalue weighted by Gasteiger charge is 2.12. The summed E-state index contributed by atoms with van der Waals surface area (Å²) in [5, 5.41) is 2.48. The number of ether oxygens (including phenoxy) is 1. The van der Waals surface area contributed by atoms with E-state index in [-0.39, 0.29) is 6.61 Å². The molecule has 1 rings (SSSR count). The Morgan fingerprint density at radius 1 is 1.38 bits per heavy atom. The summed E-state index contributed by atoms with van der Waals surface area (Å²) in [4.78, 5) is 25.9. The summed E-state index contributed by atoms with van der Waals surface area (Å²) in [6.07, 6.45) is 4.03. The predicted octanol–water partition coefficient (Wildman–Crippen LogP) is 0.303. The van der Waals surface area contributed by atoms with Crippen molar-refractivity contribution in [3.05, 3.63) is 30.1 Å². The van der Waals surface area contributed by atoms with E-state index in [2.05, 4.69) is 15.0 Å². The molecule has 0 saturated heterocycles. The van der Waals surface area contributed by atoms with Gasteiger partial charge in [-0.2, -0.15) is 0 Å². The number of carbonyl (C=O) groups is 2. The van der Waals surface area contributed by atoms with E-state index >= 15 is 0 Å². The standard InChI is InChI=1S/C11H14N2O3/c1-2-16-11(15)10(14)13-8-5-9-3-6-12-7-4-9/h3-4,6-7H,2,5,8H2,1H3,(H,13,14). The van der Waals surface area contributed by atoms with Crippen molar-refractivity contribution < 1.29 is 14.3 Å². The molecule has 1 aromatic rings. The molecule has 0 aromatic carbocycles. The first-order chi connectivity index (χ1) is 7.74. The number of pyridine rings is 1. The summed E-state index contributed by atoms with van der Waals surface area (Å²) in [7, 11) is 0. The number of esters is 1. The van der Waals surface area contributed by atoms with Crippen LogP contribution in [-0.2, 0) is 20.7 Å². The molecule has 0 spiro atoms. The fraction of sp³-hybridized carbons (Fsp3) is 0.364. The first-order valence-corrected chi connectivity index (χ1v) is 5.08. The molecule has 1 aromatic heterocycles. The topological polar surface area (TPSA) is 68.3 Å². The number of nitrogens with one attached hydrogen (secondary N) is 1. The first kappa shape index (κ1) is 12.2. The number of hydrogen-bond acceptors (Lipinski definition) is 4. The molecule has 5 nitrogen and oxygen atoms in total. The van der Waals surface area contributed by atoms with Gasteiger partial charge in [0.15, 0.2) is 0 Å². The highest BCUT2D eigenvalue weighted by Crippen LogP contribution is 1.95. The molecular weight excluding hydrogens is 208 g/mol. The molecule has 0 aliphatic rings. The van der Waals surface area contributed by atoms with E-state index in [4.69, 9.17) is 0 Å². The second kappa shape index (κ2) is 6.55. The summed E-state index contributed by atoms with van der Waals surface area (Å²) in [6, 6.07) is 3.72. The average Bonchev–Trinajstić information content (AvgIpc) is 2.30. The largest absolute Gasteiger partial charge is 0.459 e. The zero-order valence-electron chi connectivity index (χ0n) is 9.10. The lowest BCUT2D eigenvalue weighted by Crippen LogP contribution is -2.33. The number of amides is 1. The lowest BCUT2D eigenvalue weighted by Gasteiger charge is -2.04. The van der Waals surface area contributed by atoms with Crippen LogP contribution in [0.4, 0.5) is 0 Å². The van der Waals surface area contributed by atoms with Crippen LogP contribution >= 0.6 is 0 Å². The van der Waals surface area contributed by atoms with Crippen molar-refractivity contribution in [3.63, 3.8) is 0 Å². The Balaban J connectivity index is 2.26. The third-order valence-electron chi connectivity index (χ3n) is 1.91. The molecule has 16 heavy (non-hydrogen) atoms. The van der Waals surface area contributed by atoms with Gasteiger partial charge in [-0.25, -0.2) is 4.79 Å². The maximum atomic E-state index is 11.1. The predicted molar refractivity (Wildman–Crippen MR) is 57.6 cm³/mol. The second-order valence-corrected chi connectivity index (χ2v) is 3.08. The monoisotopic (exact) mass is 222 g/mol. The van der Waals surface area contributed by atoms with Gasteiger partial charge in [0.05, 0.1) is 6.61 Å². The number of hydrogen-bond donors (Lipinski definition) is 1.